The van der Waals surface area contributed by atoms with E-state index in [1.807, 2.05) is 19.1 Å². The second-order valence-corrected chi connectivity index (χ2v) is 8.33. The van der Waals surface area contributed by atoms with Gasteiger partial charge in [-0.3, -0.25) is 9.10 Å². The monoisotopic (exact) mass is 385 g/mol. The minimum absolute atomic E-state index is 0.0987. The van der Waals surface area contributed by atoms with Crippen LogP contribution in [0.5, 0.6) is 0 Å². The molecule has 0 bridgehead atoms. The summed E-state index contributed by atoms with van der Waals surface area (Å²) in [6.45, 7) is 7.79. The number of fused-ring (bicyclic) bond motifs is 1. The van der Waals surface area contributed by atoms with Gasteiger partial charge < -0.3 is 4.74 Å². The fourth-order valence-electron chi connectivity index (χ4n) is 3.51. The van der Waals surface area contributed by atoms with Gasteiger partial charge in [0, 0.05) is 5.92 Å². The van der Waals surface area contributed by atoms with Crippen LogP contribution >= 0.6 is 0 Å². The first-order chi connectivity index (χ1) is 12.9. The molecule has 2 atom stereocenters. The van der Waals surface area contributed by atoms with Crippen LogP contribution in [-0.2, 0) is 19.6 Å². The maximum absolute atomic E-state index is 13.4. The van der Waals surface area contributed by atoms with Gasteiger partial charge in [-0.2, -0.15) is 0 Å². The summed E-state index contributed by atoms with van der Waals surface area (Å²) in [4.78, 5) is 12.3. The SMILES string of the molecule is C=CC1C(CC(=O)OCC)c2ccccc2N1S(=O)(=O)c1ccc(C)cc1. The normalized spacial score (nSPS) is 18.8. The topological polar surface area (TPSA) is 63.7 Å². The van der Waals surface area contributed by atoms with Gasteiger partial charge in [0.15, 0.2) is 0 Å². The Morgan fingerprint density at radius 3 is 2.48 bits per heavy atom. The quantitative estimate of drug-likeness (QED) is 0.560. The third-order valence-electron chi connectivity index (χ3n) is 4.77. The van der Waals surface area contributed by atoms with Gasteiger partial charge in [0.2, 0.25) is 0 Å². The van der Waals surface area contributed by atoms with Gasteiger partial charge >= 0.3 is 5.97 Å². The summed E-state index contributed by atoms with van der Waals surface area (Å²) >= 11 is 0. The molecule has 0 saturated carbocycles. The van der Waals surface area contributed by atoms with E-state index in [1.54, 1.807) is 49.4 Å². The molecular formula is C21H23NO4S. The van der Waals surface area contributed by atoms with E-state index in [0.717, 1.165) is 11.1 Å². The molecular weight excluding hydrogens is 362 g/mol. The van der Waals surface area contributed by atoms with Gasteiger partial charge in [0.1, 0.15) is 0 Å². The van der Waals surface area contributed by atoms with Crippen molar-refractivity contribution in [2.75, 3.05) is 10.9 Å². The third kappa shape index (κ3) is 3.49. The number of nitrogens with zero attached hydrogens (tertiary/aromatic N) is 1. The van der Waals surface area contributed by atoms with Gasteiger partial charge in [0.25, 0.3) is 10.0 Å². The molecule has 5 nitrogen and oxygen atoms in total. The highest BCUT2D eigenvalue weighted by atomic mass is 32.2. The maximum atomic E-state index is 13.4. The van der Waals surface area contributed by atoms with E-state index in [2.05, 4.69) is 6.58 Å². The number of carbonyl (C=O) groups excluding carboxylic acids is 1. The Hall–Kier alpha value is -2.60. The van der Waals surface area contributed by atoms with Crippen molar-refractivity contribution in [2.45, 2.75) is 37.1 Å². The van der Waals surface area contributed by atoms with E-state index in [4.69, 9.17) is 4.74 Å². The number of aryl methyl sites for hydroxylation is 1. The van der Waals surface area contributed by atoms with Gasteiger partial charge in [-0.05, 0) is 37.6 Å². The average Bonchev–Trinajstić information content (AvgIpc) is 2.96. The Morgan fingerprint density at radius 2 is 1.85 bits per heavy atom. The van der Waals surface area contributed by atoms with Crippen LogP contribution < -0.4 is 4.31 Å². The number of ether oxygens (including phenoxy) is 1. The van der Waals surface area contributed by atoms with Crippen molar-refractivity contribution in [1.29, 1.82) is 0 Å². The first-order valence-corrected chi connectivity index (χ1v) is 10.3. The molecule has 0 aromatic heterocycles. The average molecular weight is 385 g/mol. The highest BCUT2D eigenvalue weighted by molar-refractivity contribution is 7.93. The largest absolute Gasteiger partial charge is 0.466 e. The zero-order chi connectivity index (χ0) is 19.6. The number of benzene rings is 2. The van der Waals surface area contributed by atoms with Gasteiger partial charge in [0.05, 0.1) is 29.7 Å². The van der Waals surface area contributed by atoms with E-state index in [-0.39, 0.29) is 29.8 Å². The van der Waals surface area contributed by atoms with Crippen LogP contribution in [0.15, 0.2) is 66.1 Å². The second kappa shape index (κ2) is 7.56. The predicted octanol–water partition coefficient (Wildman–Crippen LogP) is 3.80. The molecule has 6 heteroatoms. The lowest BCUT2D eigenvalue weighted by Crippen LogP contribution is -2.38. The summed E-state index contributed by atoms with van der Waals surface area (Å²) in [7, 11) is -3.80. The van der Waals surface area contributed by atoms with E-state index in [9.17, 15) is 13.2 Å². The fourth-order valence-corrected chi connectivity index (χ4v) is 5.20. The molecule has 0 fully saturated rings. The zero-order valence-corrected chi connectivity index (χ0v) is 16.3. The minimum Gasteiger partial charge on any atom is -0.466 e. The molecule has 0 aliphatic carbocycles. The molecule has 0 radical (unpaired) electrons. The van der Waals surface area contributed by atoms with E-state index in [1.165, 1.54) is 4.31 Å². The molecule has 27 heavy (non-hydrogen) atoms. The molecule has 0 saturated heterocycles. The first-order valence-electron chi connectivity index (χ1n) is 8.88. The number of hydrogen-bond donors (Lipinski definition) is 0. The molecule has 0 N–H and O–H groups in total. The number of carbonyl (C=O) groups is 1. The first kappa shape index (κ1) is 19.2. The molecule has 2 unspecified atom stereocenters. The van der Waals surface area contributed by atoms with Crippen LogP contribution in [0.3, 0.4) is 0 Å². The number of sulfonamides is 1. The van der Waals surface area contributed by atoms with Crippen molar-refractivity contribution in [1.82, 2.24) is 0 Å². The summed E-state index contributed by atoms with van der Waals surface area (Å²) in [6.07, 6.45) is 1.69. The Labute approximate surface area is 160 Å². The number of hydrogen-bond acceptors (Lipinski definition) is 4. The van der Waals surface area contributed by atoms with Gasteiger partial charge in [-0.15, -0.1) is 6.58 Å². The third-order valence-corrected chi connectivity index (χ3v) is 6.59. The molecule has 1 heterocycles. The van der Waals surface area contributed by atoms with E-state index >= 15 is 0 Å². The van der Waals surface area contributed by atoms with Crippen LogP contribution in [-0.4, -0.2) is 27.0 Å². The summed E-state index contributed by atoms with van der Waals surface area (Å²) in [5.41, 5.74) is 2.37. The lowest BCUT2D eigenvalue weighted by Gasteiger charge is -2.27. The van der Waals surface area contributed by atoms with Crippen LogP contribution in [0.2, 0.25) is 0 Å². The van der Waals surface area contributed by atoms with Crippen molar-refractivity contribution in [2.24, 2.45) is 0 Å². The van der Waals surface area contributed by atoms with Crippen molar-refractivity contribution >= 4 is 21.7 Å². The van der Waals surface area contributed by atoms with Crippen molar-refractivity contribution < 1.29 is 17.9 Å². The Bertz CT molecular complexity index is 950. The lowest BCUT2D eigenvalue weighted by molar-refractivity contribution is -0.143. The molecule has 0 amide bonds. The lowest BCUT2D eigenvalue weighted by atomic mass is 9.92. The zero-order valence-electron chi connectivity index (χ0n) is 15.5. The van der Waals surface area contributed by atoms with Crippen LogP contribution in [0, 0.1) is 6.92 Å². The molecule has 2 aromatic rings. The molecule has 3 rings (SSSR count). The summed E-state index contributed by atoms with van der Waals surface area (Å²) < 4.78 is 33.3. The van der Waals surface area contributed by atoms with Gasteiger partial charge in [-0.25, -0.2) is 8.42 Å². The molecule has 1 aliphatic rings. The highest BCUT2D eigenvalue weighted by Gasteiger charge is 2.44. The fraction of sp³-hybridized carbons (Fsp3) is 0.286. The van der Waals surface area contributed by atoms with E-state index in [0.29, 0.717) is 5.69 Å². The standard InChI is InChI=1S/C21H23NO4S/c1-4-19-18(14-21(23)26-5-2)17-8-6-7-9-20(17)22(19)27(24,25)16-12-10-15(3)11-13-16/h4,6-13,18-19H,1,5,14H2,2-3H3. The Morgan fingerprint density at radius 1 is 1.19 bits per heavy atom. The van der Waals surface area contributed by atoms with E-state index < -0.39 is 16.1 Å². The summed E-state index contributed by atoms with van der Waals surface area (Å²) in [5.74, 6) is -0.684. The molecule has 142 valence electrons. The molecule has 0 spiro atoms. The van der Waals surface area contributed by atoms with Crippen molar-refractivity contribution in [3.8, 4) is 0 Å². The Kier molecular flexibility index (Phi) is 5.37. The number of para-hydroxylation sites is 1. The highest BCUT2D eigenvalue weighted by Crippen LogP contribution is 2.46. The summed E-state index contributed by atoms with van der Waals surface area (Å²) in [5, 5.41) is 0. The van der Waals surface area contributed by atoms with Gasteiger partial charge in [-0.1, -0.05) is 42.0 Å². The Balaban J connectivity index is 2.08. The van der Waals surface area contributed by atoms with Crippen molar-refractivity contribution in [3.63, 3.8) is 0 Å². The second-order valence-electron chi connectivity index (χ2n) is 6.51. The van der Waals surface area contributed by atoms with Crippen LogP contribution in [0.25, 0.3) is 0 Å². The maximum Gasteiger partial charge on any atom is 0.306 e. The smallest absolute Gasteiger partial charge is 0.306 e. The van der Waals surface area contributed by atoms with Crippen LogP contribution in [0.4, 0.5) is 5.69 Å². The molecule has 2 aromatic carbocycles. The number of rotatable bonds is 6. The number of anilines is 1. The predicted molar refractivity (Wildman–Crippen MR) is 105 cm³/mol. The van der Waals surface area contributed by atoms with Crippen molar-refractivity contribution in [3.05, 3.63) is 72.3 Å². The van der Waals surface area contributed by atoms with Crippen LogP contribution in [0.1, 0.15) is 30.4 Å². The number of esters is 1. The minimum atomic E-state index is -3.80. The molecule has 1 aliphatic heterocycles. The summed E-state index contributed by atoms with van der Waals surface area (Å²) in [6, 6.07) is 13.5.